The fraction of sp³-hybridized carbons (Fsp3) is 0.617. The average Bonchev–Trinajstić information content (AvgIpc) is 3.36. The van der Waals surface area contributed by atoms with E-state index < -0.39 is 77.5 Å². The molecule has 86 heavy (non-hydrogen) atoms. The zero-order valence-electron chi connectivity index (χ0n) is 49.7. The van der Waals surface area contributed by atoms with Gasteiger partial charge in [-0.1, -0.05) is 86.8 Å². The summed E-state index contributed by atoms with van der Waals surface area (Å²) in [6.45, 7) is 3.16. The fourth-order valence-corrected chi connectivity index (χ4v) is 9.83. The Labute approximate surface area is 503 Å². The van der Waals surface area contributed by atoms with Crippen molar-refractivity contribution in [2.24, 2.45) is 5.92 Å². The molecule has 2 aromatic rings. The van der Waals surface area contributed by atoms with Crippen LogP contribution in [0.25, 0.3) is 0 Å². The first-order valence-corrected chi connectivity index (χ1v) is 30.0. The van der Waals surface area contributed by atoms with Crippen molar-refractivity contribution in [2.45, 2.75) is 134 Å². The van der Waals surface area contributed by atoms with E-state index in [0.29, 0.717) is 75.6 Å². The minimum atomic E-state index is -1.31. The number of carboxylic acids is 5. The van der Waals surface area contributed by atoms with E-state index in [2.05, 4.69) is 31.9 Å². The van der Waals surface area contributed by atoms with Crippen LogP contribution in [-0.2, 0) is 60.8 Å². The maximum Gasteiger partial charge on any atom is 0.326 e. The highest BCUT2D eigenvalue weighted by molar-refractivity contribution is 5.94. The Balaban J connectivity index is 1.52. The second-order valence-corrected chi connectivity index (χ2v) is 21.8. The number of aliphatic carboxylic acids is 5. The minimum Gasteiger partial charge on any atom is -0.480 e. The average molecular weight is 1210 g/mol. The van der Waals surface area contributed by atoms with E-state index in [1.807, 2.05) is 6.92 Å². The van der Waals surface area contributed by atoms with Gasteiger partial charge in [0, 0.05) is 97.2 Å². The highest BCUT2D eigenvalue weighted by Gasteiger charge is 2.32. The summed E-state index contributed by atoms with van der Waals surface area (Å²) in [4.78, 5) is 145. The Morgan fingerprint density at radius 3 is 1.28 bits per heavy atom. The van der Waals surface area contributed by atoms with Crippen molar-refractivity contribution in [2.75, 3.05) is 98.2 Å². The predicted molar refractivity (Wildman–Crippen MR) is 318 cm³/mol. The van der Waals surface area contributed by atoms with E-state index >= 15 is 0 Å². The van der Waals surface area contributed by atoms with Gasteiger partial charge in [0.1, 0.15) is 12.1 Å². The molecule has 4 atom stereocenters. The lowest BCUT2D eigenvalue weighted by Crippen LogP contribution is -2.51. The van der Waals surface area contributed by atoms with E-state index in [1.54, 1.807) is 80.3 Å². The summed E-state index contributed by atoms with van der Waals surface area (Å²) in [5, 5.41) is 64.6. The monoisotopic (exact) mass is 1210 g/mol. The van der Waals surface area contributed by atoms with E-state index in [9.17, 15) is 78.3 Å². The van der Waals surface area contributed by atoms with E-state index in [1.165, 1.54) is 0 Å². The fourth-order valence-electron chi connectivity index (χ4n) is 9.83. The second-order valence-electron chi connectivity index (χ2n) is 21.8. The normalized spacial score (nSPS) is 15.2. The molecule has 0 aliphatic carbocycles. The third-order valence-electron chi connectivity index (χ3n) is 14.6. The molecule has 0 bridgehead atoms. The number of amides is 6. The number of Topliss-reactive ketones (excluding diaryl/α,β-unsaturated/α-hetero) is 1. The van der Waals surface area contributed by atoms with Crippen LogP contribution in [0.2, 0.25) is 0 Å². The first-order chi connectivity index (χ1) is 41.2. The van der Waals surface area contributed by atoms with Crippen LogP contribution in [-0.4, -0.2) is 227 Å². The SMILES string of the molecule is CCC[C@H](NC(=O)NCCCCCNC(=O)CCCCCCC(=O)NCCCCC(NC(=O)C(CC(=O)C(Cc1ccccc1)NC(=O)CN1CCN(CC(=O)O)CCN(CC(=O)O)CCN(CC(=O)O)CC1)Cc1ccccc1)C(=O)O)C(=O)O. The van der Waals surface area contributed by atoms with Gasteiger partial charge in [0.15, 0.2) is 5.78 Å². The zero-order valence-corrected chi connectivity index (χ0v) is 49.7. The largest absolute Gasteiger partial charge is 0.480 e. The molecule has 26 nitrogen and oxygen atoms in total. The lowest BCUT2D eigenvalue weighted by molar-refractivity contribution is -0.143. The summed E-state index contributed by atoms with van der Waals surface area (Å²) in [6.07, 6.45) is 7.19. The molecule has 0 spiro atoms. The van der Waals surface area contributed by atoms with E-state index in [4.69, 9.17) is 0 Å². The number of rotatable bonds is 41. The topological polar surface area (TPSA) is 374 Å². The molecule has 2 aromatic carbocycles. The van der Waals surface area contributed by atoms with Gasteiger partial charge in [0.05, 0.1) is 32.2 Å². The number of carboxylic acid groups (broad SMARTS) is 5. The first-order valence-electron chi connectivity index (χ1n) is 30.0. The summed E-state index contributed by atoms with van der Waals surface area (Å²) in [6, 6.07) is 14.0. The van der Waals surface area contributed by atoms with Crippen molar-refractivity contribution in [3.63, 3.8) is 0 Å². The number of carbonyl (C=O) groups is 11. The van der Waals surface area contributed by atoms with Gasteiger partial charge in [-0.05, 0) is 81.8 Å². The molecule has 0 radical (unpaired) electrons. The van der Waals surface area contributed by atoms with Crippen LogP contribution in [0.15, 0.2) is 60.7 Å². The molecule has 11 N–H and O–H groups in total. The summed E-state index contributed by atoms with van der Waals surface area (Å²) in [5.74, 6) is -8.61. The van der Waals surface area contributed by atoms with Crippen LogP contribution < -0.4 is 31.9 Å². The predicted octanol–water partition coefficient (Wildman–Crippen LogP) is 2.04. The standard InChI is InChI=1S/C60H92N10O16/c1-2-18-47(58(82)83)66-60(86)63-28-16-7-15-26-61-51(72)24-12-3-4-13-25-52(73)62-27-17-14-23-48(59(84)85)65-57(81)46(37-44-19-8-5-9-20-44)39-50(71)49(38-45-21-10-6-11-22-45)64-53(74)40-67-29-31-68(41-54(75)76)33-35-70(43-56(79)80)36-34-69(32-30-67)42-55(77)78/h5-6,8-11,19-22,46-49H,2-4,7,12-18,23-43H2,1H3,(H,61,72)(H,62,73)(H,64,74)(H,65,81)(H,75,76)(H,77,78)(H,79,80)(H,82,83)(H,84,85)(H2,63,66,86)/t46?,47-,48?,49?/m0/s1. The van der Waals surface area contributed by atoms with Crippen molar-refractivity contribution < 1.29 is 78.3 Å². The molecule has 1 aliphatic heterocycles. The molecule has 1 aliphatic rings. The Kier molecular flexibility index (Phi) is 35.8. The lowest BCUT2D eigenvalue weighted by Gasteiger charge is -2.33. The molecule has 6 amide bonds. The van der Waals surface area contributed by atoms with Crippen LogP contribution in [0, 0.1) is 5.92 Å². The number of ketones is 1. The molecule has 1 heterocycles. The van der Waals surface area contributed by atoms with Crippen molar-refractivity contribution in [1.29, 1.82) is 0 Å². The third-order valence-corrected chi connectivity index (χ3v) is 14.6. The van der Waals surface area contributed by atoms with Gasteiger partial charge >= 0.3 is 35.9 Å². The summed E-state index contributed by atoms with van der Waals surface area (Å²) < 4.78 is 0. The van der Waals surface area contributed by atoms with Crippen molar-refractivity contribution in [1.82, 2.24) is 51.5 Å². The highest BCUT2D eigenvalue weighted by Crippen LogP contribution is 2.18. The smallest absolute Gasteiger partial charge is 0.326 e. The molecule has 26 heteroatoms. The van der Waals surface area contributed by atoms with Gasteiger partial charge in [0.25, 0.3) is 0 Å². The number of hydrogen-bond donors (Lipinski definition) is 11. The Hall–Kier alpha value is -7.55. The summed E-state index contributed by atoms with van der Waals surface area (Å²) >= 11 is 0. The Bertz CT molecular complexity index is 2410. The summed E-state index contributed by atoms with van der Waals surface area (Å²) in [5.41, 5.74) is 1.43. The third kappa shape index (κ3) is 33.2. The molecule has 1 fully saturated rings. The van der Waals surface area contributed by atoms with Gasteiger partial charge in [-0.25, -0.2) is 14.4 Å². The van der Waals surface area contributed by atoms with Gasteiger partial charge in [-0.15, -0.1) is 0 Å². The molecular formula is C60H92N10O16. The van der Waals surface area contributed by atoms with Crippen molar-refractivity contribution in [3.05, 3.63) is 71.8 Å². The Morgan fingerprint density at radius 1 is 0.430 bits per heavy atom. The number of benzene rings is 2. The maximum absolute atomic E-state index is 14.5. The molecule has 0 aromatic heterocycles. The summed E-state index contributed by atoms with van der Waals surface area (Å²) in [7, 11) is 0. The number of urea groups is 1. The van der Waals surface area contributed by atoms with Crippen LogP contribution in [0.4, 0.5) is 4.79 Å². The number of unbranched alkanes of at least 4 members (excludes halogenated alkanes) is 6. The molecule has 0 saturated carbocycles. The van der Waals surface area contributed by atoms with Gasteiger partial charge in [-0.2, -0.15) is 0 Å². The molecule has 3 unspecified atom stereocenters. The Morgan fingerprint density at radius 2 is 0.837 bits per heavy atom. The van der Waals surface area contributed by atoms with E-state index in [-0.39, 0.29) is 129 Å². The molecular weight excluding hydrogens is 1120 g/mol. The van der Waals surface area contributed by atoms with Crippen molar-refractivity contribution >= 4 is 65.3 Å². The van der Waals surface area contributed by atoms with Crippen LogP contribution in [0.3, 0.4) is 0 Å². The number of carbonyl (C=O) groups excluding carboxylic acids is 6. The lowest BCUT2D eigenvalue weighted by atomic mass is 9.89. The molecule has 478 valence electrons. The zero-order chi connectivity index (χ0) is 63.1. The highest BCUT2D eigenvalue weighted by atomic mass is 16.4. The van der Waals surface area contributed by atoms with Crippen molar-refractivity contribution in [3.8, 4) is 0 Å². The van der Waals surface area contributed by atoms with Crippen LogP contribution >= 0.6 is 0 Å². The number of hydrogen-bond acceptors (Lipinski definition) is 15. The second kappa shape index (κ2) is 42.3. The first kappa shape index (κ1) is 72.7. The maximum atomic E-state index is 14.5. The van der Waals surface area contributed by atoms with Crippen LogP contribution in [0.5, 0.6) is 0 Å². The van der Waals surface area contributed by atoms with Crippen LogP contribution in [0.1, 0.15) is 114 Å². The molecule has 1 saturated heterocycles. The minimum absolute atomic E-state index is 0.0414. The van der Waals surface area contributed by atoms with Gasteiger partial charge in [-0.3, -0.25) is 58.0 Å². The van der Waals surface area contributed by atoms with Gasteiger partial charge < -0.3 is 57.4 Å². The van der Waals surface area contributed by atoms with E-state index in [0.717, 1.165) is 25.7 Å². The number of nitrogens with zero attached hydrogens (tertiary/aromatic N) is 4. The molecule has 3 rings (SSSR count). The number of nitrogens with one attached hydrogen (secondary N) is 6. The van der Waals surface area contributed by atoms with Gasteiger partial charge in [0.2, 0.25) is 23.6 Å². The quantitative estimate of drug-likeness (QED) is 0.0424.